The molecule has 0 saturated carbocycles. The van der Waals surface area contributed by atoms with Gasteiger partial charge in [-0.3, -0.25) is 0 Å². The highest BCUT2D eigenvalue weighted by Gasteiger charge is 1.72. The molecule has 0 aromatic heterocycles. The molecular weight excluding hydrogens is 64.0 g/mol. The van der Waals surface area contributed by atoms with E-state index in [1.807, 2.05) is 0 Å². The van der Waals surface area contributed by atoms with Gasteiger partial charge in [-0.15, -0.1) is 0 Å². The third kappa shape index (κ3) is 3.96. The number of hydrogen-bond acceptors (Lipinski definition) is 0. The van der Waals surface area contributed by atoms with Crippen LogP contribution >= 0.6 is 0 Å². The van der Waals surface area contributed by atoms with Gasteiger partial charge in [0.1, 0.15) is 0 Å². The molecule has 0 saturated heterocycles. The van der Waals surface area contributed by atoms with Crippen LogP contribution in [0.2, 0.25) is 0 Å². The molecule has 0 N–H and O–H groups in total. The molecule has 0 aliphatic rings. The molecule has 0 atom stereocenters. The quantitative estimate of drug-likeness (QED) is 0.460. The molecule has 0 unspecified atom stereocenters. The summed E-state index contributed by atoms with van der Waals surface area (Å²) in [7, 11) is 0. The first-order chi connectivity index (χ1) is 2.41. The van der Waals surface area contributed by atoms with Gasteiger partial charge >= 0.3 is 0 Å². The monoisotopic (exact) mass is 71.0 g/mol. The Morgan fingerprint density at radius 1 is 1.80 bits per heavy atom. The molecule has 0 fully saturated rings. The van der Waals surface area contributed by atoms with E-state index in [0.29, 0.717) is 6.42 Å². The topological polar surface area (TPSA) is 19.9 Å². The van der Waals surface area contributed by atoms with Gasteiger partial charge in [0, 0.05) is 0 Å². The molecule has 0 spiro atoms. The summed E-state index contributed by atoms with van der Waals surface area (Å²) in [5.74, 6) is 0. The number of rotatable bonds is 2. The zero-order valence-electron chi connectivity index (χ0n) is 3.11. The summed E-state index contributed by atoms with van der Waals surface area (Å²) in [4.78, 5) is 0. The van der Waals surface area contributed by atoms with Gasteiger partial charge in [0.2, 0.25) is 0 Å². The van der Waals surface area contributed by atoms with Gasteiger partial charge in [0.25, 0.3) is 0 Å². The summed E-state index contributed by atoms with van der Waals surface area (Å²) >= 11 is 0. The van der Waals surface area contributed by atoms with Crippen LogP contribution in [0, 0.1) is 13.3 Å². The van der Waals surface area contributed by atoms with E-state index in [9.17, 15) is 5.11 Å². The van der Waals surface area contributed by atoms with Crippen molar-refractivity contribution >= 4 is 0 Å². The Hall–Kier alpha value is -0.0400. The van der Waals surface area contributed by atoms with E-state index in [-0.39, 0.29) is 6.61 Å². The molecule has 0 aromatic rings. The Morgan fingerprint density at radius 3 is 2.40 bits per heavy atom. The normalized spacial score (nSPS) is 8.40. The van der Waals surface area contributed by atoms with Crippen molar-refractivity contribution in [2.24, 2.45) is 0 Å². The zero-order chi connectivity index (χ0) is 4.12. The third-order valence-corrected chi connectivity index (χ3v) is 0.322. The summed E-state index contributed by atoms with van der Waals surface area (Å²) in [5.41, 5.74) is 0. The fourth-order valence-electron chi connectivity index (χ4n) is 0.0833. The Balaban J connectivity index is 2.19. The van der Waals surface area contributed by atoms with Crippen molar-refractivity contribution in [3.63, 3.8) is 0 Å². The molecule has 3 radical (unpaired) electrons. The van der Waals surface area contributed by atoms with Crippen LogP contribution in [0.15, 0.2) is 0 Å². The molecule has 0 bridgehead atoms. The maximum atomic E-state index is 9.46. The lowest BCUT2D eigenvalue weighted by Crippen LogP contribution is -1.74. The van der Waals surface area contributed by atoms with E-state index in [0.717, 1.165) is 0 Å². The van der Waals surface area contributed by atoms with E-state index in [1.165, 1.54) is 0 Å². The first-order valence-electron chi connectivity index (χ1n) is 1.61. The maximum absolute atomic E-state index is 9.46. The maximum Gasteiger partial charge on any atom is 0.0825 e. The molecule has 0 amide bonds. The number of hydrogen-bond donors (Lipinski definition) is 0. The minimum absolute atomic E-state index is 0.0243. The molecule has 5 heavy (non-hydrogen) atoms. The smallest absolute Gasteiger partial charge is 0.0825 e. The highest BCUT2D eigenvalue weighted by molar-refractivity contribution is 4.63. The van der Waals surface area contributed by atoms with Crippen LogP contribution in [0.4, 0.5) is 0 Å². The molecule has 29 valence electrons. The lowest BCUT2D eigenvalue weighted by Gasteiger charge is -1.75. The Kier molecular flexibility index (Phi) is 3.93. The van der Waals surface area contributed by atoms with Gasteiger partial charge in [-0.05, 0) is 19.8 Å². The average molecular weight is 71.1 g/mol. The van der Waals surface area contributed by atoms with Crippen LogP contribution in [-0.4, -0.2) is 6.61 Å². The second-order valence-corrected chi connectivity index (χ2v) is 0.781. The van der Waals surface area contributed by atoms with Crippen molar-refractivity contribution in [1.29, 1.82) is 0 Å². The minimum Gasteiger partial charge on any atom is -0.237 e. The summed E-state index contributed by atoms with van der Waals surface area (Å²) in [5, 5.41) is 9.46. The standard InChI is InChI=1S/C4H7O/c1-2-3-4-5/h2H,1,3-4H2. The zero-order valence-corrected chi connectivity index (χ0v) is 3.11. The predicted octanol–water partition coefficient (Wildman–Crippen LogP) is 0.845. The minimum atomic E-state index is -0.0243. The van der Waals surface area contributed by atoms with E-state index < -0.39 is 0 Å². The van der Waals surface area contributed by atoms with E-state index >= 15 is 0 Å². The van der Waals surface area contributed by atoms with Crippen LogP contribution in [0.5, 0.6) is 0 Å². The average Bonchev–Trinajstić information content (AvgIpc) is 1.41. The third-order valence-electron chi connectivity index (χ3n) is 0.322. The molecule has 0 aliphatic carbocycles. The first kappa shape index (κ1) is 4.96. The Labute approximate surface area is 32.6 Å². The second-order valence-electron chi connectivity index (χ2n) is 0.781. The number of unbranched alkanes of at least 4 members (excludes halogenated alkanes) is 1. The van der Waals surface area contributed by atoms with E-state index in [2.05, 4.69) is 6.92 Å². The molecule has 1 nitrogen and oxygen atoms in total. The van der Waals surface area contributed by atoms with Crippen molar-refractivity contribution in [2.45, 2.75) is 6.42 Å². The molecule has 0 aliphatic heterocycles. The van der Waals surface area contributed by atoms with Crippen molar-refractivity contribution < 1.29 is 5.11 Å². The van der Waals surface area contributed by atoms with Crippen molar-refractivity contribution in [2.75, 3.05) is 6.61 Å². The molecule has 0 rings (SSSR count). The highest BCUT2D eigenvalue weighted by Crippen LogP contribution is 1.76. The Bertz CT molecular complexity index is 11.1. The predicted molar refractivity (Wildman–Crippen MR) is 19.8 cm³/mol. The lowest BCUT2D eigenvalue weighted by atomic mass is 10.4. The molecule has 1 heteroatoms. The first-order valence-corrected chi connectivity index (χ1v) is 1.61. The van der Waals surface area contributed by atoms with Crippen LogP contribution in [0.3, 0.4) is 0 Å². The second kappa shape index (κ2) is 3.96. The molecular formula is C4H7O. The van der Waals surface area contributed by atoms with Crippen LogP contribution in [0.25, 0.3) is 0 Å². The summed E-state index contributed by atoms with van der Waals surface area (Å²) in [6.45, 7) is 3.33. The highest BCUT2D eigenvalue weighted by atomic mass is 16.2. The van der Waals surface area contributed by atoms with Crippen LogP contribution < -0.4 is 0 Å². The van der Waals surface area contributed by atoms with Gasteiger partial charge in [-0.25, -0.2) is 5.11 Å². The fraction of sp³-hybridized carbons (Fsp3) is 0.500. The van der Waals surface area contributed by atoms with E-state index in [1.54, 1.807) is 6.42 Å². The van der Waals surface area contributed by atoms with Crippen LogP contribution in [0.1, 0.15) is 6.42 Å². The van der Waals surface area contributed by atoms with Crippen molar-refractivity contribution in [1.82, 2.24) is 0 Å². The summed E-state index contributed by atoms with van der Waals surface area (Å²) in [6, 6.07) is 0. The van der Waals surface area contributed by atoms with Gasteiger partial charge in [-0.1, -0.05) is 0 Å². The summed E-state index contributed by atoms with van der Waals surface area (Å²) in [6.07, 6.45) is 2.22. The van der Waals surface area contributed by atoms with E-state index in [4.69, 9.17) is 0 Å². The lowest BCUT2D eigenvalue weighted by molar-refractivity contribution is 0.197. The van der Waals surface area contributed by atoms with Crippen LogP contribution in [-0.2, 0) is 5.11 Å². The van der Waals surface area contributed by atoms with Crippen molar-refractivity contribution in [3.05, 3.63) is 13.3 Å². The molecule has 0 heterocycles. The van der Waals surface area contributed by atoms with Gasteiger partial charge < -0.3 is 0 Å². The largest absolute Gasteiger partial charge is 0.237 e. The van der Waals surface area contributed by atoms with Crippen molar-refractivity contribution in [3.8, 4) is 0 Å². The van der Waals surface area contributed by atoms with Gasteiger partial charge in [-0.2, -0.15) is 0 Å². The Morgan fingerprint density at radius 2 is 2.40 bits per heavy atom. The SMILES string of the molecule is [CH2][CH]CC[O]. The summed E-state index contributed by atoms with van der Waals surface area (Å²) < 4.78 is 0. The molecule has 0 aromatic carbocycles. The van der Waals surface area contributed by atoms with Gasteiger partial charge in [0.15, 0.2) is 0 Å². The van der Waals surface area contributed by atoms with Gasteiger partial charge in [0.05, 0.1) is 6.61 Å². The fourth-order valence-corrected chi connectivity index (χ4v) is 0.0833.